The second kappa shape index (κ2) is 7.80. The molecule has 1 aromatic carbocycles. The summed E-state index contributed by atoms with van der Waals surface area (Å²) in [6, 6.07) is 7.35. The van der Waals surface area contributed by atoms with Crippen LogP contribution >= 0.6 is 0 Å². The molecule has 1 amide bonds. The van der Waals surface area contributed by atoms with E-state index in [9.17, 15) is 14.3 Å². The Bertz CT molecular complexity index is 1080. The van der Waals surface area contributed by atoms with Crippen molar-refractivity contribution in [3.63, 3.8) is 0 Å². The fourth-order valence-electron chi connectivity index (χ4n) is 3.16. The Labute approximate surface area is 162 Å². The van der Waals surface area contributed by atoms with Gasteiger partial charge in [0.1, 0.15) is 30.9 Å². The molecule has 148 valence electrons. The molecule has 0 bridgehead atoms. The lowest BCUT2D eigenvalue weighted by molar-refractivity contribution is -0.0337. The molecule has 1 aliphatic heterocycles. The highest BCUT2D eigenvalue weighted by Gasteiger charge is 2.46. The fourth-order valence-corrected chi connectivity index (χ4v) is 3.16. The van der Waals surface area contributed by atoms with Crippen molar-refractivity contribution in [3.8, 4) is 0 Å². The SMILES string of the molecule is [N-]=[N+]=N[C@@H]1[C@H](F)[C@@H](CO)O[C@H]1n1cnc2c(NC(=O)c3ccccc3)ncnc21. The van der Waals surface area contributed by atoms with E-state index in [1.807, 2.05) is 0 Å². The van der Waals surface area contributed by atoms with E-state index in [0.29, 0.717) is 5.56 Å². The Morgan fingerprint density at radius 3 is 2.86 bits per heavy atom. The number of hydrogen-bond acceptors (Lipinski definition) is 7. The van der Waals surface area contributed by atoms with Gasteiger partial charge in [-0.25, -0.2) is 19.3 Å². The van der Waals surface area contributed by atoms with Crippen molar-refractivity contribution in [3.05, 3.63) is 59.0 Å². The van der Waals surface area contributed by atoms with Crippen LogP contribution in [0.1, 0.15) is 16.6 Å². The highest BCUT2D eigenvalue weighted by atomic mass is 19.1. The molecule has 29 heavy (non-hydrogen) atoms. The van der Waals surface area contributed by atoms with Crippen LogP contribution in [0.2, 0.25) is 0 Å². The standard InChI is InChI=1S/C17H15FN8O3/c18-11-10(6-27)29-17(12(11)24-25-19)26-8-22-13-14(20-7-21-15(13)26)23-16(28)9-4-2-1-3-5-9/h1-5,7-8,10-12,17,27H,6H2,(H,20,21,23,28)/t10-,11-,12-,17-/m1/s1. The van der Waals surface area contributed by atoms with Gasteiger partial charge < -0.3 is 15.2 Å². The van der Waals surface area contributed by atoms with Crippen LogP contribution in [0.3, 0.4) is 0 Å². The molecule has 1 aliphatic rings. The first-order valence-corrected chi connectivity index (χ1v) is 8.62. The number of azide groups is 1. The van der Waals surface area contributed by atoms with E-state index in [4.69, 9.17) is 10.3 Å². The molecule has 0 unspecified atom stereocenters. The van der Waals surface area contributed by atoms with E-state index in [1.165, 1.54) is 17.2 Å². The zero-order chi connectivity index (χ0) is 20.4. The lowest BCUT2D eigenvalue weighted by Crippen LogP contribution is -2.28. The number of nitrogens with zero attached hydrogens (tertiary/aromatic N) is 7. The number of rotatable bonds is 5. The van der Waals surface area contributed by atoms with Crippen molar-refractivity contribution in [2.45, 2.75) is 24.5 Å². The number of hydrogen-bond donors (Lipinski definition) is 2. The fraction of sp³-hybridized carbons (Fsp3) is 0.294. The Morgan fingerprint density at radius 2 is 2.14 bits per heavy atom. The Morgan fingerprint density at radius 1 is 1.34 bits per heavy atom. The van der Waals surface area contributed by atoms with E-state index in [1.54, 1.807) is 30.3 Å². The van der Waals surface area contributed by atoms with Crippen LogP contribution in [0, 0.1) is 0 Å². The van der Waals surface area contributed by atoms with Crippen LogP contribution < -0.4 is 5.32 Å². The van der Waals surface area contributed by atoms with Crippen LogP contribution in [0.4, 0.5) is 10.2 Å². The Hall–Kier alpha value is -3.60. The minimum absolute atomic E-state index is 0.163. The smallest absolute Gasteiger partial charge is 0.256 e. The minimum atomic E-state index is -1.70. The molecule has 3 heterocycles. The van der Waals surface area contributed by atoms with Crippen LogP contribution in [0.15, 0.2) is 48.1 Å². The number of alkyl halides is 1. The van der Waals surface area contributed by atoms with Crippen molar-refractivity contribution in [2.24, 2.45) is 5.11 Å². The largest absolute Gasteiger partial charge is 0.394 e. The maximum Gasteiger partial charge on any atom is 0.256 e. The van der Waals surface area contributed by atoms with Gasteiger partial charge in [0.05, 0.1) is 12.9 Å². The van der Waals surface area contributed by atoms with Crippen molar-refractivity contribution >= 4 is 22.9 Å². The zero-order valence-electron chi connectivity index (χ0n) is 14.8. The molecule has 0 spiro atoms. The molecule has 0 radical (unpaired) electrons. The molecule has 2 N–H and O–H groups in total. The van der Waals surface area contributed by atoms with E-state index in [2.05, 4.69) is 30.3 Å². The third-order valence-electron chi connectivity index (χ3n) is 4.55. The van der Waals surface area contributed by atoms with Crippen LogP contribution in [-0.2, 0) is 4.74 Å². The number of carbonyl (C=O) groups is 1. The summed E-state index contributed by atoms with van der Waals surface area (Å²) in [5.41, 5.74) is 9.70. The molecule has 4 atom stereocenters. The molecule has 0 aliphatic carbocycles. The first kappa shape index (κ1) is 18.7. The predicted molar refractivity (Wildman–Crippen MR) is 98.5 cm³/mol. The molecular weight excluding hydrogens is 383 g/mol. The van der Waals surface area contributed by atoms with Crippen LogP contribution in [-0.4, -0.2) is 55.5 Å². The van der Waals surface area contributed by atoms with Gasteiger partial charge in [0.2, 0.25) is 0 Å². The quantitative estimate of drug-likeness (QED) is 0.381. The summed E-state index contributed by atoms with van der Waals surface area (Å²) in [6.45, 7) is -0.574. The summed E-state index contributed by atoms with van der Waals surface area (Å²) in [7, 11) is 0. The van der Waals surface area contributed by atoms with Crippen molar-refractivity contribution in [1.82, 2.24) is 19.5 Å². The summed E-state index contributed by atoms with van der Waals surface area (Å²) in [4.78, 5) is 27.5. The Balaban J connectivity index is 1.69. The zero-order valence-corrected chi connectivity index (χ0v) is 14.8. The lowest BCUT2D eigenvalue weighted by Gasteiger charge is -2.16. The van der Waals surface area contributed by atoms with E-state index < -0.39 is 31.2 Å². The first-order valence-electron chi connectivity index (χ1n) is 8.62. The monoisotopic (exact) mass is 398 g/mol. The number of nitrogens with one attached hydrogen (secondary N) is 1. The Kier molecular flexibility index (Phi) is 5.04. The lowest BCUT2D eigenvalue weighted by atomic mass is 10.1. The van der Waals surface area contributed by atoms with Gasteiger partial charge in [-0.2, -0.15) is 0 Å². The summed E-state index contributed by atoms with van der Waals surface area (Å²) in [6.07, 6.45) is -1.36. The number of halogens is 1. The number of amides is 1. The maximum absolute atomic E-state index is 14.4. The number of aliphatic hydroxyl groups is 1. The van der Waals surface area contributed by atoms with Crippen molar-refractivity contribution < 1.29 is 19.0 Å². The normalized spacial score (nSPS) is 23.7. The van der Waals surface area contributed by atoms with E-state index in [0.717, 1.165) is 0 Å². The number of fused-ring (bicyclic) bond motifs is 1. The number of aromatic nitrogens is 4. The maximum atomic E-state index is 14.4. The third-order valence-corrected chi connectivity index (χ3v) is 4.55. The molecule has 3 aromatic rings. The van der Waals surface area contributed by atoms with Gasteiger partial charge in [-0.15, -0.1) is 0 Å². The molecule has 4 rings (SSSR count). The van der Waals surface area contributed by atoms with Gasteiger partial charge in [-0.1, -0.05) is 23.3 Å². The molecule has 11 nitrogen and oxygen atoms in total. The van der Waals surface area contributed by atoms with Crippen LogP contribution in [0.5, 0.6) is 0 Å². The van der Waals surface area contributed by atoms with E-state index in [-0.39, 0.29) is 22.9 Å². The van der Waals surface area contributed by atoms with Gasteiger partial charge in [-0.05, 0) is 17.7 Å². The van der Waals surface area contributed by atoms with Gasteiger partial charge in [0.25, 0.3) is 5.91 Å². The highest BCUT2D eigenvalue weighted by Crippen LogP contribution is 2.35. The van der Waals surface area contributed by atoms with Gasteiger partial charge >= 0.3 is 0 Å². The van der Waals surface area contributed by atoms with Gasteiger partial charge in [-0.3, -0.25) is 9.36 Å². The predicted octanol–water partition coefficient (Wildman–Crippen LogP) is 1.99. The molecular formula is C17H15FN8O3. The van der Waals surface area contributed by atoms with Crippen LogP contribution in [0.25, 0.3) is 21.6 Å². The van der Waals surface area contributed by atoms with Crippen molar-refractivity contribution in [1.29, 1.82) is 0 Å². The second-order valence-electron chi connectivity index (χ2n) is 6.25. The second-order valence-corrected chi connectivity index (χ2v) is 6.25. The summed E-state index contributed by atoms with van der Waals surface area (Å²) >= 11 is 0. The van der Waals surface area contributed by atoms with E-state index >= 15 is 0 Å². The number of ether oxygens (including phenoxy) is 1. The molecule has 1 saturated heterocycles. The number of aliphatic hydroxyl groups excluding tert-OH is 1. The number of anilines is 1. The average molecular weight is 398 g/mol. The van der Waals surface area contributed by atoms with Crippen molar-refractivity contribution in [2.75, 3.05) is 11.9 Å². The number of carbonyl (C=O) groups excluding carboxylic acids is 1. The van der Waals surface area contributed by atoms with Gasteiger partial charge in [0, 0.05) is 10.5 Å². The topological polar surface area (TPSA) is 151 Å². The minimum Gasteiger partial charge on any atom is -0.394 e. The highest BCUT2D eigenvalue weighted by molar-refractivity contribution is 6.06. The van der Waals surface area contributed by atoms with Gasteiger partial charge in [0.15, 0.2) is 17.0 Å². The molecule has 0 saturated carbocycles. The molecule has 12 heteroatoms. The summed E-state index contributed by atoms with van der Waals surface area (Å²) < 4.78 is 21.3. The number of benzene rings is 1. The average Bonchev–Trinajstić information content (AvgIpc) is 3.31. The number of imidazole rings is 1. The third kappa shape index (κ3) is 3.36. The molecule has 1 fully saturated rings. The molecule has 2 aromatic heterocycles. The summed E-state index contributed by atoms with van der Waals surface area (Å²) in [5, 5.41) is 15.4. The summed E-state index contributed by atoms with van der Waals surface area (Å²) in [5.74, 6) is -0.218. The first-order chi connectivity index (χ1) is 14.1.